The molecule has 0 fully saturated rings. The first-order valence-corrected chi connectivity index (χ1v) is 5.99. The van der Waals surface area contributed by atoms with Crippen LogP contribution in [0.2, 0.25) is 0 Å². The molecule has 0 bridgehead atoms. The monoisotopic (exact) mass is 228 g/mol. The number of aryl methyl sites for hydroxylation is 1. The average molecular weight is 228 g/mol. The van der Waals surface area contributed by atoms with E-state index in [0.717, 1.165) is 24.2 Å². The Hall–Kier alpha value is -1.14. The number of nitrogens with one attached hydrogen (secondary N) is 2. The highest BCUT2D eigenvalue weighted by molar-refractivity contribution is 7.79. The minimum absolute atomic E-state index is 0.00855. The lowest BCUT2D eigenvalue weighted by Crippen LogP contribution is -2.32. The summed E-state index contributed by atoms with van der Waals surface area (Å²) in [5.74, 6) is 0.221. The number of aromatic nitrogens is 1. The third kappa shape index (κ3) is 2.45. The molecule has 0 aromatic carbocycles. The second-order valence-electron chi connectivity index (χ2n) is 3.58. The van der Waals surface area contributed by atoms with E-state index >= 15 is 0 Å². The van der Waals surface area contributed by atoms with Gasteiger partial charge in [0.1, 0.15) is 0 Å². The van der Waals surface area contributed by atoms with E-state index in [1.54, 1.807) is 6.07 Å². The van der Waals surface area contributed by atoms with Crippen LogP contribution in [0.4, 0.5) is 5.69 Å². The highest BCUT2D eigenvalue weighted by atomic mass is 32.2. The van der Waals surface area contributed by atoms with Gasteiger partial charge >= 0.3 is 0 Å². The van der Waals surface area contributed by atoms with Gasteiger partial charge < -0.3 is 14.9 Å². The Morgan fingerprint density at radius 2 is 2.33 bits per heavy atom. The normalized spacial score (nSPS) is 21.5. The maximum absolute atomic E-state index is 11.0. The van der Waals surface area contributed by atoms with Crippen molar-refractivity contribution in [1.82, 2.24) is 4.98 Å². The molecule has 3 N–H and O–H groups in total. The second-order valence-corrected chi connectivity index (χ2v) is 4.56. The van der Waals surface area contributed by atoms with Crippen molar-refractivity contribution in [2.45, 2.75) is 18.9 Å². The van der Waals surface area contributed by atoms with Crippen molar-refractivity contribution < 1.29 is 8.76 Å². The van der Waals surface area contributed by atoms with Gasteiger partial charge in [0.2, 0.25) is 5.56 Å². The van der Waals surface area contributed by atoms with Crippen LogP contribution in [0.3, 0.4) is 0 Å². The largest absolute Gasteiger partial charge is 0.380 e. The molecule has 1 aromatic heterocycles. The minimum atomic E-state index is -1.78. The van der Waals surface area contributed by atoms with E-state index in [0.29, 0.717) is 0 Å². The fourth-order valence-corrected chi connectivity index (χ4v) is 2.35. The Balaban J connectivity index is 2.16. The van der Waals surface area contributed by atoms with E-state index in [2.05, 4.69) is 10.3 Å². The van der Waals surface area contributed by atoms with Crippen LogP contribution in [0.5, 0.6) is 0 Å². The van der Waals surface area contributed by atoms with E-state index < -0.39 is 11.1 Å². The molecule has 2 atom stereocenters. The van der Waals surface area contributed by atoms with E-state index in [9.17, 15) is 9.00 Å². The van der Waals surface area contributed by atoms with Gasteiger partial charge in [-0.2, -0.15) is 0 Å². The molecule has 15 heavy (non-hydrogen) atoms. The van der Waals surface area contributed by atoms with Crippen LogP contribution in [0.25, 0.3) is 0 Å². The van der Waals surface area contributed by atoms with E-state index in [1.165, 1.54) is 6.07 Å². The van der Waals surface area contributed by atoms with Crippen LogP contribution in [-0.4, -0.2) is 25.5 Å². The maximum Gasteiger partial charge on any atom is 0.248 e. The Labute approximate surface area is 89.2 Å². The lowest BCUT2D eigenvalue weighted by Gasteiger charge is -2.25. The van der Waals surface area contributed by atoms with Gasteiger partial charge in [0.05, 0.1) is 11.4 Å². The molecule has 0 saturated carbocycles. The Morgan fingerprint density at radius 3 is 3.07 bits per heavy atom. The van der Waals surface area contributed by atoms with Crippen LogP contribution in [0.15, 0.2) is 16.9 Å². The molecule has 2 rings (SSSR count). The molecule has 0 aliphatic carbocycles. The molecule has 1 aromatic rings. The summed E-state index contributed by atoms with van der Waals surface area (Å²) >= 11 is -1.78. The quantitative estimate of drug-likeness (QED) is 0.637. The summed E-state index contributed by atoms with van der Waals surface area (Å²) in [5, 5.41) is 3.13. The molecule has 0 radical (unpaired) electrons. The molecule has 2 heterocycles. The third-order valence-electron chi connectivity index (χ3n) is 2.45. The van der Waals surface area contributed by atoms with Gasteiger partial charge in [0, 0.05) is 17.8 Å². The van der Waals surface area contributed by atoms with Crippen molar-refractivity contribution >= 4 is 16.8 Å². The summed E-state index contributed by atoms with van der Waals surface area (Å²) in [4.78, 5) is 13.8. The molecule has 0 saturated heterocycles. The average Bonchev–Trinajstić information content (AvgIpc) is 2.17. The standard InChI is InChI=1S/C9H12N2O3S/c12-9-4-3-7-8(11-9)2-1-6(10-7)5-15(13)14/h3-4,6,10H,1-2,5H2,(H,11,12)(H,13,14). The van der Waals surface area contributed by atoms with Crippen molar-refractivity contribution in [2.24, 2.45) is 0 Å². The van der Waals surface area contributed by atoms with Gasteiger partial charge in [-0.05, 0) is 18.9 Å². The zero-order valence-corrected chi connectivity index (χ0v) is 8.84. The first-order valence-electron chi connectivity index (χ1n) is 4.71. The number of fused-ring (bicyclic) bond motifs is 1. The van der Waals surface area contributed by atoms with Crippen LogP contribution in [-0.2, 0) is 17.5 Å². The molecule has 0 spiro atoms. The fraction of sp³-hybridized carbons (Fsp3) is 0.444. The second kappa shape index (κ2) is 4.16. The van der Waals surface area contributed by atoms with Crippen LogP contribution in [0, 0.1) is 0 Å². The smallest absolute Gasteiger partial charge is 0.248 e. The van der Waals surface area contributed by atoms with Crippen LogP contribution >= 0.6 is 0 Å². The molecule has 2 unspecified atom stereocenters. The zero-order chi connectivity index (χ0) is 10.8. The van der Waals surface area contributed by atoms with Crippen LogP contribution in [0.1, 0.15) is 12.1 Å². The number of hydrogen-bond acceptors (Lipinski definition) is 3. The minimum Gasteiger partial charge on any atom is -0.380 e. The van der Waals surface area contributed by atoms with Crippen molar-refractivity contribution in [3.8, 4) is 0 Å². The van der Waals surface area contributed by atoms with Gasteiger partial charge in [-0.15, -0.1) is 0 Å². The molecule has 5 nitrogen and oxygen atoms in total. The summed E-state index contributed by atoms with van der Waals surface area (Å²) in [6.07, 6.45) is 1.50. The molecule has 0 amide bonds. The number of anilines is 1. The Kier molecular flexibility index (Phi) is 2.88. The first-order chi connectivity index (χ1) is 7.15. The summed E-state index contributed by atoms with van der Waals surface area (Å²) < 4.78 is 19.4. The third-order valence-corrected chi connectivity index (χ3v) is 3.13. The summed E-state index contributed by atoms with van der Waals surface area (Å²) in [5.41, 5.74) is 1.62. The van der Waals surface area contributed by atoms with Gasteiger partial charge in [0.25, 0.3) is 0 Å². The van der Waals surface area contributed by atoms with E-state index in [4.69, 9.17) is 4.55 Å². The van der Waals surface area contributed by atoms with Gasteiger partial charge in [-0.25, -0.2) is 4.21 Å². The van der Waals surface area contributed by atoms with Crippen molar-refractivity contribution in [2.75, 3.05) is 11.1 Å². The van der Waals surface area contributed by atoms with Crippen molar-refractivity contribution in [3.63, 3.8) is 0 Å². The first kappa shape index (κ1) is 10.4. The van der Waals surface area contributed by atoms with Crippen molar-refractivity contribution in [3.05, 3.63) is 28.2 Å². The maximum atomic E-state index is 11.0. The molecular weight excluding hydrogens is 216 g/mol. The van der Waals surface area contributed by atoms with Crippen LogP contribution < -0.4 is 10.9 Å². The molecule has 1 aliphatic heterocycles. The van der Waals surface area contributed by atoms with E-state index in [1.807, 2.05) is 0 Å². The highest BCUT2D eigenvalue weighted by Gasteiger charge is 2.19. The van der Waals surface area contributed by atoms with E-state index in [-0.39, 0.29) is 17.4 Å². The van der Waals surface area contributed by atoms with Gasteiger partial charge in [-0.1, -0.05) is 0 Å². The zero-order valence-electron chi connectivity index (χ0n) is 8.03. The summed E-state index contributed by atoms with van der Waals surface area (Å²) in [6.45, 7) is 0. The van der Waals surface area contributed by atoms with Gasteiger partial charge in [-0.3, -0.25) is 4.79 Å². The fourth-order valence-electron chi connectivity index (χ4n) is 1.76. The number of rotatable bonds is 2. The predicted octanol–water partition coefficient (Wildman–Crippen LogP) is 0.323. The van der Waals surface area contributed by atoms with Gasteiger partial charge in [0.15, 0.2) is 11.1 Å². The molecular formula is C9H12N2O3S. The predicted molar refractivity (Wildman–Crippen MR) is 58.4 cm³/mol. The SMILES string of the molecule is O=c1ccc2c([nH]1)CCC(CS(=O)O)N2. The summed E-state index contributed by atoms with van der Waals surface area (Å²) in [6, 6.07) is 3.17. The number of hydrogen-bond donors (Lipinski definition) is 3. The summed E-state index contributed by atoms with van der Waals surface area (Å²) in [7, 11) is 0. The lowest BCUT2D eigenvalue weighted by molar-refractivity contribution is 0.552. The number of aromatic amines is 1. The highest BCUT2D eigenvalue weighted by Crippen LogP contribution is 2.21. The number of H-pyrrole nitrogens is 1. The Bertz CT molecular complexity index is 443. The molecule has 1 aliphatic rings. The topological polar surface area (TPSA) is 82.2 Å². The Morgan fingerprint density at radius 1 is 1.53 bits per heavy atom. The lowest BCUT2D eigenvalue weighted by atomic mass is 10.0. The van der Waals surface area contributed by atoms with Crippen molar-refractivity contribution in [1.29, 1.82) is 0 Å². The number of pyridine rings is 1. The molecule has 82 valence electrons. The molecule has 6 heteroatoms.